The van der Waals surface area contributed by atoms with Crippen molar-refractivity contribution in [2.24, 2.45) is 4.99 Å². The topological polar surface area (TPSA) is 36.1 Å². The summed E-state index contributed by atoms with van der Waals surface area (Å²) in [6, 6.07) is 3.41. The van der Waals surface area contributed by atoms with Crippen LogP contribution in [0.25, 0.3) is 0 Å². The van der Waals surface area contributed by atoms with Gasteiger partial charge >= 0.3 is 12.4 Å². The lowest BCUT2D eigenvalue weighted by Crippen LogP contribution is -2.17. The maximum atomic E-state index is 12.6. The lowest BCUT2D eigenvalue weighted by Gasteiger charge is -2.11. The fourth-order valence-corrected chi connectivity index (χ4v) is 1.19. The summed E-state index contributed by atoms with van der Waals surface area (Å²) in [5, 5.41) is 6.54. The van der Waals surface area contributed by atoms with E-state index in [2.05, 4.69) is 4.99 Å². The number of rotatable bonds is 1. The fourth-order valence-electron chi connectivity index (χ4n) is 1.10. The maximum absolute atomic E-state index is 12.6. The van der Waals surface area contributed by atoms with Gasteiger partial charge in [0.2, 0.25) is 5.17 Å². The zero-order valence-electron chi connectivity index (χ0n) is 8.77. The van der Waals surface area contributed by atoms with E-state index in [1.165, 1.54) is 6.07 Å². The molecule has 2 nitrogen and oxygen atoms in total. The summed E-state index contributed by atoms with van der Waals surface area (Å²) in [4.78, 5) is 2.70. The van der Waals surface area contributed by atoms with Crippen LogP contribution >= 0.6 is 11.6 Å². The van der Waals surface area contributed by atoms with Crippen LogP contribution in [0.5, 0.6) is 0 Å². The lowest BCUT2D eigenvalue weighted by atomic mass is 10.1. The molecule has 0 saturated heterocycles. The average molecular weight is 301 g/mol. The van der Waals surface area contributed by atoms with Crippen LogP contribution in [0.1, 0.15) is 11.1 Å². The second-order valence-electron chi connectivity index (χ2n) is 3.24. The van der Waals surface area contributed by atoms with Gasteiger partial charge in [-0.1, -0.05) is 11.6 Å². The molecular weight excluding hydrogens is 298 g/mol. The highest BCUT2D eigenvalue weighted by atomic mass is 35.5. The number of hydrogen-bond acceptors (Lipinski definition) is 2. The zero-order valence-corrected chi connectivity index (χ0v) is 9.53. The molecule has 1 rings (SSSR count). The standard InChI is InChI=1S/C10H3ClF6N2/c11-8(10(15,16)17)19-7-2-1-5(4-18)3-6(7)9(12,13)14/h1-3H. The van der Waals surface area contributed by atoms with Crippen molar-refractivity contribution in [3.8, 4) is 6.07 Å². The number of alkyl halides is 6. The molecule has 0 radical (unpaired) electrons. The molecule has 0 bridgehead atoms. The maximum Gasteiger partial charge on any atom is 0.444 e. The van der Waals surface area contributed by atoms with Crippen molar-refractivity contribution in [3.05, 3.63) is 29.3 Å². The first-order valence-electron chi connectivity index (χ1n) is 4.48. The molecule has 0 saturated carbocycles. The molecule has 0 aliphatic rings. The molecular formula is C10H3ClF6N2. The third kappa shape index (κ3) is 3.86. The van der Waals surface area contributed by atoms with Crippen LogP contribution in [0.15, 0.2) is 23.2 Å². The molecule has 1 aromatic carbocycles. The number of nitriles is 1. The molecule has 0 aromatic heterocycles. The summed E-state index contributed by atoms with van der Waals surface area (Å²) in [5.74, 6) is 0. The quantitative estimate of drug-likeness (QED) is 0.559. The van der Waals surface area contributed by atoms with Gasteiger partial charge in [-0.2, -0.15) is 31.6 Å². The van der Waals surface area contributed by atoms with Crippen LogP contribution < -0.4 is 0 Å². The summed E-state index contributed by atoms with van der Waals surface area (Å²) in [7, 11) is 0. The Bertz CT molecular complexity index is 553. The molecule has 9 heteroatoms. The molecule has 0 fully saturated rings. The highest BCUT2D eigenvalue weighted by Crippen LogP contribution is 2.38. The molecule has 0 spiro atoms. The van der Waals surface area contributed by atoms with Crippen molar-refractivity contribution in [2.75, 3.05) is 0 Å². The molecule has 19 heavy (non-hydrogen) atoms. The Morgan fingerprint density at radius 3 is 2.16 bits per heavy atom. The van der Waals surface area contributed by atoms with Gasteiger partial charge in [-0.3, -0.25) is 0 Å². The van der Waals surface area contributed by atoms with Gasteiger partial charge in [0.25, 0.3) is 0 Å². The normalized spacial score (nSPS) is 13.3. The Hall–Kier alpha value is -1.75. The number of aliphatic imine (C=N–C) groups is 1. The van der Waals surface area contributed by atoms with Crippen LogP contribution in [0, 0.1) is 11.3 Å². The van der Waals surface area contributed by atoms with Crippen molar-refractivity contribution < 1.29 is 26.3 Å². The number of halogens is 7. The van der Waals surface area contributed by atoms with Crippen molar-refractivity contribution in [3.63, 3.8) is 0 Å². The van der Waals surface area contributed by atoms with Gasteiger partial charge in [0.15, 0.2) is 0 Å². The van der Waals surface area contributed by atoms with Crippen molar-refractivity contribution in [2.45, 2.75) is 12.4 Å². The van der Waals surface area contributed by atoms with Gasteiger partial charge in [-0.25, -0.2) is 4.99 Å². The van der Waals surface area contributed by atoms with E-state index in [1.807, 2.05) is 0 Å². The molecule has 0 aliphatic carbocycles. The minimum atomic E-state index is -5.04. The first kappa shape index (κ1) is 15.3. The monoisotopic (exact) mass is 300 g/mol. The van der Waals surface area contributed by atoms with Gasteiger partial charge in [0, 0.05) is 0 Å². The molecule has 0 amide bonds. The first-order chi connectivity index (χ1) is 8.55. The van der Waals surface area contributed by atoms with E-state index >= 15 is 0 Å². The summed E-state index contributed by atoms with van der Waals surface area (Å²) in [6.07, 6.45) is -9.99. The van der Waals surface area contributed by atoms with E-state index in [1.54, 1.807) is 0 Å². The minimum Gasteiger partial charge on any atom is -0.232 e. The highest BCUT2D eigenvalue weighted by Gasteiger charge is 2.37. The fraction of sp³-hybridized carbons (Fsp3) is 0.200. The Morgan fingerprint density at radius 2 is 1.74 bits per heavy atom. The van der Waals surface area contributed by atoms with Crippen LogP contribution in [0.2, 0.25) is 0 Å². The second-order valence-corrected chi connectivity index (χ2v) is 3.60. The Labute approximate surface area is 107 Å². The summed E-state index contributed by atoms with van der Waals surface area (Å²) in [6.45, 7) is 0. The van der Waals surface area contributed by atoms with E-state index < -0.39 is 28.8 Å². The van der Waals surface area contributed by atoms with Crippen molar-refractivity contribution in [1.82, 2.24) is 0 Å². The van der Waals surface area contributed by atoms with Crippen LogP contribution in [0.4, 0.5) is 32.0 Å². The third-order valence-corrected chi connectivity index (χ3v) is 2.18. The Balaban J connectivity index is 3.42. The number of benzene rings is 1. The van der Waals surface area contributed by atoms with Crippen LogP contribution in [0.3, 0.4) is 0 Å². The van der Waals surface area contributed by atoms with Gasteiger partial charge in [0.05, 0.1) is 22.9 Å². The summed E-state index contributed by atoms with van der Waals surface area (Å²) in [5.41, 5.74) is -2.82. The number of nitrogens with zero attached hydrogens (tertiary/aromatic N) is 2. The van der Waals surface area contributed by atoms with Gasteiger partial charge < -0.3 is 0 Å². The lowest BCUT2D eigenvalue weighted by molar-refractivity contribution is -0.137. The molecule has 0 unspecified atom stereocenters. The minimum absolute atomic E-state index is 0.352. The molecule has 0 aliphatic heterocycles. The third-order valence-electron chi connectivity index (χ3n) is 1.88. The van der Waals surface area contributed by atoms with E-state index in [0.29, 0.717) is 12.1 Å². The molecule has 0 heterocycles. The highest BCUT2D eigenvalue weighted by molar-refractivity contribution is 6.67. The SMILES string of the molecule is N#Cc1ccc(N=C(Cl)C(F)(F)F)c(C(F)(F)F)c1. The van der Waals surface area contributed by atoms with Gasteiger partial charge in [-0.15, -0.1) is 0 Å². The molecule has 1 aromatic rings. The molecule has 0 N–H and O–H groups in total. The second kappa shape index (κ2) is 5.09. The van der Waals surface area contributed by atoms with Crippen LogP contribution in [-0.4, -0.2) is 11.3 Å². The zero-order chi connectivity index (χ0) is 14.8. The Morgan fingerprint density at radius 1 is 1.16 bits per heavy atom. The van der Waals surface area contributed by atoms with E-state index in [9.17, 15) is 26.3 Å². The molecule has 0 atom stereocenters. The Kier molecular flexibility index (Phi) is 4.10. The summed E-state index contributed by atoms with van der Waals surface area (Å²) >= 11 is 4.78. The average Bonchev–Trinajstić information content (AvgIpc) is 2.26. The predicted molar refractivity (Wildman–Crippen MR) is 55.2 cm³/mol. The smallest absolute Gasteiger partial charge is 0.232 e. The van der Waals surface area contributed by atoms with Gasteiger partial charge in [-0.05, 0) is 18.2 Å². The van der Waals surface area contributed by atoms with E-state index in [4.69, 9.17) is 16.9 Å². The largest absolute Gasteiger partial charge is 0.444 e. The van der Waals surface area contributed by atoms with E-state index in [-0.39, 0.29) is 5.56 Å². The number of hydrogen-bond donors (Lipinski definition) is 0. The summed E-state index contributed by atoms with van der Waals surface area (Å²) < 4.78 is 74.2. The van der Waals surface area contributed by atoms with Crippen molar-refractivity contribution >= 4 is 22.5 Å². The van der Waals surface area contributed by atoms with Gasteiger partial charge in [0.1, 0.15) is 0 Å². The van der Waals surface area contributed by atoms with E-state index in [0.717, 1.165) is 6.07 Å². The van der Waals surface area contributed by atoms with Crippen LogP contribution in [-0.2, 0) is 6.18 Å². The van der Waals surface area contributed by atoms with Crippen molar-refractivity contribution in [1.29, 1.82) is 5.26 Å². The predicted octanol–water partition coefficient (Wildman–Crippen LogP) is 4.41. The first-order valence-corrected chi connectivity index (χ1v) is 4.86. The molecule has 102 valence electrons.